The van der Waals surface area contributed by atoms with Gasteiger partial charge in [0.25, 0.3) is 0 Å². The van der Waals surface area contributed by atoms with Gasteiger partial charge in [-0.2, -0.15) is 0 Å². The van der Waals surface area contributed by atoms with Crippen molar-refractivity contribution in [2.24, 2.45) is 0 Å². The number of amides is 2. The van der Waals surface area contributed by atoms with Gasteiger partial charge in [0.15, 0.2) is 0 Å². The Labute approximate surface area is 145 Å². The van der Waals surface area contributed by atoms with Crippen molar-refractivity contribution in [1.82, 2.24) is 10.2 Å². The summed E-state index contributed by atoms with van der Waals surface area (Å²) in [6, 6.07) is 12.8. The van der Waals surface area contributed by atoms with Crippen molar-refractivity contribution >= 4 is 28.6 Å². The molecule has 0 radical (unpaired) electrons. The van der Waals surface area contributed by atoms with Crippen LogP contribution in [0.4, 0.5) is 0 Å². The van der Waals surface area contributed by atoms with Crippen molar-refractivity contribution < 1.29 is 19.5 Å². The first-order valence-corrected chi connectivity index (χ1v) is 8.32. The number of benzene rings is 2. The summed E-state index contributed by atoms with van der Waals surface area (Å²) >= 11 is 0. The number of hydrogen-bond donors (Lipinski definition) is 2. The highest BCUT2D eigenvalue weighted by atomic mass is 16.4. The third-order valence-corrected chi connectivity index (χ3v) is 4.53. The van der Waals surface area contributed by atoms with Gasteiger partial charge in [0.1, 0.15) is 6.04 Å². The van der Waals surface area contributed by atoms with Gasteiger partial charge in [0.05, 0.1) is 13.0 Å². The van der Waals surface area contributed by atoms with Crippen molar-refractivity contribution in [3.8, 4) is 0 Å². The van der Waals surface area contributed by atoms with Gasteiger partial charge in [0, 0.05) is 6.54 Å². The van der Waals surface area contributed by atoms with Gasteiger partial charge in [-0.25, -0.2) is 4.79 Å². The fourth-order valence-corrected chi connectivity index (χ4v) is 3.28. The molecule has 1 aliphatic heterocycles. The lowest BCUT2D eigenvalue weighted by Crippen LogP contribution is -2.45. The summed E-state index contributed by atoms with van der Waals surface area (Å²) in [5, 5.41) is 13.8. The summed E-state index contributed by atoms with van der Waals surface area (Å²) in [4.78, 5) is 36.8. The van der Waals surface area contributed by atoms with E-state index in [0.717, 1.165) is 16.3 Å². The summed E-state index contributed by atoms with van der Waals surface area (Å²) in [5.74, 6) is -1.60. The molecule has 1 saturated heterocycles. The van der Waals surface area contributed by atoms with Crippen LogP contribution in [0.3, 0.4) is 0 Å². The van der Waals surface area contributed by atoms with E-state index in [1.807, 2.05) is 42.5 Å². The number of hydrogen-bond acceptors (Lipinski definition) is 3. The Kier molecular flexibility index (Phi) is 4.97. The lowest BCUT2D eigenvalue weighted by molar-refractivity contribution is -0.148. The van der Waals surface area contributed by atoms with E-state index >= 15 is 0 Å². The zero-order chi connectivity index (χ0) is 17.8. The van der Waals surface area contributed by atoms with Crippen LogP contribution in [-0.4, -0.2) is 46.9 Å². The Hall–Kier alpha value is -2.89. The lowest BCUT2D eigenvalue weighted by Gasteiger charge is -2.21. The van der Waals surface area contributed by atoms with Crippen LogP contribution in [0.1, 0.15) is 18.4 Å². The highest BCUT2D eigenvalue weighted by Crippen LogP contribution is 2.19. The van der Waals surface area contributed by atoms with Crippen LogP contribution >= 0.6 is 0 Å². The molecule has 2 N–H and O–H groups in total. The van der Waals surface area contributed by atoms with Gasteiger partial charge in [0.2, 0.25) is 11.8 Å². The van der Waals surface area contributed by atoms with Gasteiger partial charge >= 0.3 is 5.97 Å². The Balaban J connectivity index is 1.59. The van der Waals surface area contributed by atoms with Gasteiger partial charge in [-0.3, -0.25) is 9.59 Å². The molecule has 2 aromatic carbocycles. The molecule has 6 heteroatoms. The van der Waals surface area contributed by atoms with Crippen LogP contribution in [0.2, 0.25) is 0 Å². The molecule has 0 spiro atoms. The van der Waals surface area contributed by atoms with E-state index in [-0.39, 0.29) is 24.8 Å². The molecule has 1 aliphatic rings. The maximum Gasteiger partial charge on any atom is 0.326 e. The third kappa shape index (κ3) is 3.79. The minimum Gasteiger partial charge on any atom is -0.480 e. The monoisotopic (exact) mass is 340 g/mol. The van der Waals surface area contributed by atoms with Crippen molar-refractivity contribution in [2.45, 2.75) is 25.3 Å². The van der Waals surface area contributed by atoms with Crippen LogP contribution < -0.4 is 5.32 Å². The second-order valence-electron chi connectivity index (χ2n) is 6.18. The van der Waals surface area contributed by atoms with Crippen molar-refractivity contribution in [3.63, 3.8) is 0 Å². The Bertz CT molecular complexity index is 813. The van der Waals surface area contributed by atoms with E-state index in [2.05, 4.69) is 5.32 Å². The smallest absolute Gasteiger partial charge is 0.326 e. The van der Waals surface area contributed by atoms with Crippen LogP contribution in [0.5, 0.6) is 0 Å². The SMILES string of the molecule is O=C(Cc1cccc2ccccc12)NCC(=O)N1CCC[C@H]1C(=O)O. The number of fused-ring (bicyclic) bond motifs is 1. The number of nitrogens with zero attached hydrogens (tertiary/aromatic N) is 1. The molecule has 1 atom stereocenters. The molecule has 0 bridgehead atoms. The second-order valence-corrected chi connectivity index (χ2v) is 6.18. The Morgan fingerprint density at radius 2 is 1.88 bits per heavy atom. The molecule has 0 saturated carbocycles. The molecular weight excluding hydrogens is 320 g/mol. The van der Waals surface area contributed by atoms with Gasteiger partial charge in [-0.15, -0.1) is 0 Å². The van der Waals surface area contributed by atoms with Crippen molar-refractivity contribution in [2.75, 3.05) is 13.1 Å². The standard InChI is InChI=1S/C19H20N2O4/c22-17(11-14-7-3-6-13-5-1-2-8-15(13)14)20-12-18(23)21-10-4-9-16(21)19(24)25/h1-3,5-8,16H,4,9-12H2,(H,20,22)(H,24,25)/t16-/m0/s1. The van der Waals surface area contributed by atoms with Crippen LogP contribution in [0.25, 0.3) is 10.8 Å². The molecule has 130 valence electrons. The molecular formula is C19H20N2O4. The number of carboxylic acids is 1. The number of likely N-dealkylation sites (tertiary alicyclic amines) is 1. The van der Waals surface area contributed by atoms with Crippen LogP contribution in [-0.2, 0) is 20.8 Å². The molecule has 2 aromatic rings. The molecule has 3 rings (SSSR count). The van der Waals surface area contributed by atoms with Crippen LogP contribution in [0, 0.1) is 0 Å². The predicted octanol–water partition coefficient (Wildman–Crippen LogP) is 1.57. The van der Waals surface area contributed by atoms with Crippen molar-refractivity contribution in [1.29, 1.82) is 0 Å². The van der Waals surface area contributed by atoms with Gasteiger partial charge in [-0.05, 0) is 29.2 Å². The van der Waals surface area contributed by atoms with E-state index in [4.69, 9.17) is 5.11 Å². The highest BCUT2D eigenvalue weighted by molar-refractivity contribution is 5.92. The van der Waals surface area contributed by atoms with E-state index in [1.54, 1.807) is 0 Å². The average Bonchev–Trinajstić information content (AvgIpc) is 3.10. The van der Waals surface area contributed by atoms with E-state index in [0.29, 0.717) is 19.4 Å². The fraction of sp³-hybridized carbons (Fsp3) is 0.316. The third-order valence-electron chi connectivity index (χ3n) is 4.53. The van der Waals surface area contributed by atoms with Crippen molar-refractivity contribution in [3.05, 3.63) is 48.0 Å². The van der Waals surface area contributed by atoms with E-state index < -0.39 is 12.0 Å². The molecule has 0 aliphatic carbocycles. The molecule has 0 unspecified atom stereocenters. The molecule has 25 heavy (non-hydrogen) atoms. The Morgan fingerprint density at radius 1 is 1.12 bits per heavy atom. The second kappa shape index (κ2) is 7.34. The number of carboxylic acid groups (broad SMARTS) is 1. The largest absolute Gasteiger partial charge is 0.480 e. The summed E-state index contributed by atoms with van der Waals surface area (Å²) in [5.41, 5.74) is 0.896. The number of carbonyl (C=O) groups is 3. The first-order valence-electron chi connectivity index (χ1n) is 8.32. The first-order chi connectivity index (χ1) is 12.1. The Morgan fingerprint density at radius 3 is 2.68 bits per heavy atom. The van der Waals surface area contributed by atoms with E-state index in [9.17, 15) is 14.4 Å². The lowest BCUT2D eigenvalue weighted by atomic mass is 10.0. The summed E-state index contributed by atoms with van der Waals surface area (Å²) < 4.78 is 0. The van der Waals surface area contributed by atoms with Crippen LogP contribution in [0.15, 0.2) is 42.5 Å². The number of carbonyl (C=O) groups excluding carboxylic acids is 2. The molecule has 6 nitrogen and oxygen atoms in total. The summed E-state index contributed by atoms with van der Waals surface area (Å²) in [6.45, 7) is 0.252. The highest BCUT2D eigenvalue weighted by Gasteiger charge is 2.33. The minimum absolute atomic E-state index is 0.173. The van der Waals surface area contributed by atoms with Gasteiger partial charge < -0.3 is 15.3 Å². The van der Waals surface area contributed by atoms with E-state index in [1.165, 1.54) is 4.90 Å². The molecule has 2 amide bonds. The van der Waals surface area contributed by atoms with Gasteiger partial charge in [-0.1, -0.05) is 42.5 Å². The molecule has 1 heterocycles. The minimum atomic E-state index is -0.993. The maximum absolute atomic E-state index is 12.2. The number of aliphatic carboxylic acids is 1. The summed E-state index contributed by atoms with van der Waals surface area (Å²) in [7, 11) is 0. The molecule has 1 fully saturated rings. The maximum atomic E-state index is 12.2. The first kappa shape index (κ1) is 17.0. The quantitative estimate of drug-likeness (QED) is 0.865. The number of nitrogens with one attached hydrogen (secondary N) is 1. The zero-order valence-corrected chi connectivity index (χ0v) is 13.8. The average molecular weight is 340 g/mol. The predicted molar refractivity (Wildman–Crippen MR) is 93.0 cm³/mol. The molecule has 0 aromatic heterocycles. The fourth-order valence-electron chi connectivity index (χ4n) is 3.28. The topological polar surface area (TPSA) is 86.7 Å². The zero-order valence-electron chi connectivity index (χ0n) is 13.8. The normalized spacial score (nSPS) is 16.8. The summed E-state index contributed by atoms with van der Waals surface area (Å²) in [6.07, 6.45) is 1.31. The number of rotatable bonds is 5.